The van der Waals surface area contributed by atoms with Crippen molar-refractivity contribution in [1.29, 1.82) is 0 Å². The number of carbonyl (C=O) groups is 2. The molecule has 0 heterocycles. The first-order valence-electron chi connectivity index (χ1n) is 6.38. The average molecular weight is 323 g/mol. The lowest BCUT2D eigenvalue weighted by Crippen LogP contribution is -2.08. The summed E-state index contributed by atoms with van der Waals surface area (Å²) >= 11 is 5.88. The highest BCUT2D eigenvalue weighted by Crippen LogP contribution is 2.23. The van der Waals surface area contributed by atoms with Crippen LogP contribution in [0.1, 0.15) is 21.5 Å². The Kier molecular flexibility index (Phi) is 4.78. The lowest BCUT2D eigenvalue weighted by atomic mass is 9.99. The molecule has 0 spiro atoms. The minimum absolute atomic E-state index is 0.0852. The number of aromatic hydroxyl groups is 1. The number of hydrogen-bond acceptors (Lipinski definition) is 3. The van der Waals surface area contributed by atoms with E-state index >= 15 is 0 Å². The van der Waals surface area contributed by atoms with Crippen LogP contribution in [0.2, 0.25) is 5.02 Å². The molecule has 6 heteroatoms. The van der Waals surface area contributed by atoms with E-state index in [0.717, 1.165) is 0 Å². The van der Waals surface area contributed by atoms with Crippen LogP contribution in [0, 0.1) is 5.82 Å². The van der Waals surface area contributed by atoms with Crippen molar-refractivity contribution in [3.05, 3.63) is 63.9 Å². The molecule has 0 aromatic heterocycles. The van der Waals surface area contributed by atoms with Gasteiger partial charge in [0.05, 0.1) is 6.42 Å². The molecule has 0 fully saturated rings. The minimum atomic E-state index is -1.13. The highest BCUT2D eigenvalue weighted by molar-refractivity contribution is 6.31. The van der Waals surface area contributed by atoms with Gasteiger partial charge in [0, 0.05) is 28.1 Å². The second-order valence-electron chi connectivity index (χ2n) is 4.71. The molecule has 2 rings (SSSR count). The van der Waals surface area contributed by atoms with Gasteiger partial charge in [-0.05, 0) is 30.3 Å². The van der Waals surface area contributed by atoms with Gasteiger partial charge in [0.15, 0.2) is 5.78 Å². The second-order valence-corrected chi connectivity index (χ2v) is 5.12. The van der Waals surface area contributed by atoms with Crippen molar-refractivity contribution in [2.24, 2.45) is 0 Å². The summed E-state index contributed by atoms with van der Waals surface area (Å²) in [6.45, 7) is 0. The summed E-state index contributed by atoms with van der Waals surface area (Å²) in [6, 6.07) is 8.03. The molecule has 0 aliphatic heterocycles. The number of phenols is 1. The van der Waals surface area contributed by atoms with E-state index in [0.29, 0.717) is 0 Å². The molecule has 22 heavy (non-hydrogen) atoms. The van der Waals surface area contributed by atoms with Crippen molar-refractivity contribution in [3.63, 3.8) is 0 Å². The highest BCUT2D eigenvalue weighted by atomic mass is 35.5. The third-order valence-corrected chi connectivity index (χ3v) is 3.50. The van der Waals surface area contributed by atoms with Gasteiger partial charge in [-0.3, -0.25) is 9.59 Å². The fraction of sp³-hybridized carbons (Fsp3) is 0.125. The minimum Gasteiger partial charge on any atom is -0.508 e. The smallest absolute Gasteiger partial charge is 0.307 e. The number of aliphatic carboxylic acids is 1. The maximum Gasteiger partial charge on any atom is 0.307 e. The van der Waals surface area contributed by atoms with Crippen LogP contribution in [0.4, 0.5) is 4.39 Å². The number of carboxylic acid groups (broad SMARTS) is 1. The number of carbonyl (C=O) groups excluding carboxylic acids is 1. The summed E-state index contributed by atoms with van der Waals surface area (Å²) in [7, 11) is 0. The normalized spacial score (nSPS) is 10.5. The van der Waals surface area contributed by atoms with Crippen molar-refractivity contribution in [2.75, 3.05) is 0 Å². The van der Waals surface area contributed by atoms with Gasteiger partial charge >= 0.3 is 5.97 Å². The number of benzene rings is 2. The standard InChI is InChI=1S/C16H12ClFO4/c17-12-2-1-3-13(18)11(12)8-15(20)9-4-5-14(19)10(6-9)7-16(21)22/h1-6,19H,7-8H2,(H,21,22). The van der Waals surface area contributed by atoms with E-state index in [4.69, 9.17) is 16.7 Å². The molecule has 2 aromatic rings. The number of ketones is 1. The Morgan fingerprint density at radius 1 is 1.14 bits per heavy atom. The second kappa shape index (κ2) is 6.58. The van der Waals surface area contributed by atoms with E-state index in [1.807, 2.05) is 0 Å². The Bertz CT molecular complexity index is 723. The van der Waals surface area contributed by atoms with Crippen LogP contribution < -0.4 is 0 Å². The lowest BCUT2D eigenvalue weighted by molar-refractivity contribution is -0.136. The zero-order chi connectivity index (χ0) is 16.3. The molecule has 4 nitrogen and oxygen atoms in total. The number of rotatable bonds is 5. The molecule has 0 atom stereocenters. The summed E-state index contributed by atoms with van der Waals surface area (Å²) in [4.78, 5) is 22.9. The Balaban J connectivity index is 2.28. The zero-order valence-electron chi connectivity index (χ0n) is 11.3. The number of halogens is 2. The van der Waals surface area contributed by atoms with E-state index in [1.54, 1.807) is 0 Å². The van der Waals surface area contributed by atoms with Crippen molar-refractivity contribution >= 4 is 23.4 Å². The van der Waals surface area contributed by atoms with Crippen LogP contribution in [0.3, 0.4) is 0 Å². The van der Waals surface area contributed by atoms with Crippen molar-refractivity contribution in [1.82, 2.24) is 0 Å². The van der Waals surface area contributed by atoms with E-state index in [2.05, 4.69) is 0 Å². The summed E-state index contributed by atoms with van der Waals surface area (Å²) in [5.74, 6) is -2.33. The van der Waals surface area contributed by atoms with E-state index in [-0.39, 0.29) is 33.9 Å². The van der Waals surface area contributed by atoms with Gasteiger partial charge in [-0.15, -0.1) is 0 Å². The molecule has 0 unspecified atom stereocenters. The Labute approximate surface area is 130 Å². The van der Waals surface area contributed by atoms with Crippen LogP contribution >= 0.6 is 11.6 Å². The third-order valence-electron chi connectivity index (χ3n) is 3.14. The molecule has 0 saturated heterocycles. The summed E-state index contributed by atoms with van der Waals surface area (Å²) in [5.41, 5.74) is 0.397. The van der Waals surface area contributed by atoms with Gasteiger partial charge in [-0.2, -0.15) is 0 Å². The number of phenolic OH excluding ortho intramolecular Hbond substituents is 1. The van der Waals surface area contributed by atoms with Gasteiger partial charge in [0.1, 0.15) is 11.6 Å². The molecule has 0 saturated carbocycles. The van der Waals surface area contributed by atoms with Gasteiger partial charge in [0.25, 0.3) is 0 Å². The topological polar surface area (TPSA) is 74.6 Å². The molecule has 0 radical (unpaired) electrons. The number of carboxylic acids is 1. The van der Waals surface area contributed by atoms with Gasteiger partial charge in [-0.1, -0.05) is 17.7 Å². The van der Waals surface area contributed by atoms with E-state index in [1.165, 1.54) is 36.4 Å². The molecular formula is C16H12ClFO4. The number of hydrogen-bond donors (Lipinski definition) is 2. The summed E-state index contributed by atoms with van der Waals surface area (Å²) < 4.78 is 13.7. The van der Waals surface area contributed by atoms with Crippen LogP contribution in [-0.4, -0.2) is 22.0 Å². The molecule has 0 bridgehead atoms. The highest BCUT2D eigenvalue weighted by Gasteiger charge is 2.15. The van der Waals surface area contributed by atoms with Crippen LogP contribution in [0.15, 0.2) is 36.4 Å². The first-order chi connectivity index (χ1) is 10.4. The molecule has 0 aliphatic carbocycles. The van der Waals surface area contributed by atoms with Gasteiger partial charge in [-0.25, -0.2) is 4.39 Å². The first kappa shape index (κ1) is 16.0. The van der Waals surface area contributed by atoms with Crippen molar-refractivity contribution in [2.45, 2.75) is 12.8 Å². The Morgan fingerprint density at radius 3 is 2.50 bits per heavy atom. The fourth-order valence-electron chi connectivity index (χ4n) is 2.03. The van der Waals surface area contributed by atoms with Gasteiger partial charge in [0.2, 0.25) is 0 Å². The predicted molar refractivity (Wildman–Crippen MR) is 78.9 cm³/mol. The largest absolute Gasteiger partial charge is 0.508 e. The zero-order valence-corrected chi connectivity index (χ0v) is 12.1. The number of Topliss-reactive ketones (excluding diaryl/α,β-unsaturated/α-hetero) is 1. The molecule has 114 valence electrons. The quantitative estimate of drug-likeness (QED) is 0.829. The SMILES string of the molecule is O=C(O)Cc1cc(C(=O)Cc2c(F)cccc2Cl)ccc1O. The van der Waals surface area contributed by atoms with Crippen LogP contribution in [0.5, 0.6) is 5.75 Å². The molecule has 0 aliphatic rings. The molecule has 0 amide bonds. The van der Waals surface area contributed by atoms with Crippen molar-refractivity contribution < 1.29 is 24.2 Å². The van der Waals surface area contributed by atoms with E-state index < -0.39 is 24.0 Å². The molecule has 2 N–H and O–H groups in total. The van der Waals surface area contributed by atoms with Gasteiger partial charge < -0.3 is 10.2 Å². The maximum absolute atomic E-state index is 13.7. The third kappa shape index (κ3) is 3.62. The predicted octanol–water partition coefficient (Wildman–Crippen LogP) is 3.24. The summed E-state index contributed by atoms with van der Waals surface area (Å²) in [5, 5.41) is 18.5. The van der Waals surface area contributed by atoms with Crippen molar-refractivity contribution in [3.8, 4) is 5.75 Å². The van der Waals surface area contributed by atoms with Crippen LogP contribution in [0.25, 0.3) is 0 Å². The molecule has 2 aromatic carbocycles. The first-order valence-corrected chi connectivity index (χ1v) is 6.76. The Hall–Kier alpha value is -2.40. The van der Waals surface area contributed by atoms with Crippen LogP contribution in [-0.2, 0) is 17.6 Å². The maximum atomic E-state index is 13.7. The average Bonchev–Trinajstić information content (AvgIpc) is 2.44. The Morgan fingerprint density at radius 2 is 1.86 bits per heavy atom. The van der Waals surface area contributed by atoms with E-state index in [9.17, 15) is 19.1 Å². The fourth-order valence-corrected chi connectivity index (χ4v) is 2.26. The monoisotopic (exact) mass is 322 g/mol. The summed E-state index contributed by atoms with van der Waals surface area (Å²) in [6.07, 6.45) is -0.657. The lowest BCUT2D eigenvalue weighted by Gasteiger charge is -2.08. The molecular weight excluding hydrogens is 311 g/mol.